The van der Waals surface area contributed by atoms with Crippen LogP contribution < -0.4 is 0 Å². The number of nitrogens with zero attached hydrogens (tertiary/aromatic N) is 2. The zero-order chi connectivity index (χ0) is 11.7. The van der Waals surface area contributed by atoms with Gasteiger partial charge in [-0.3, -0.25) is 4.79 Å². The van der Waals surface area contributed by atoms with Crippen LogP contribution in [0.25, 0.3) is 0 Å². The third kappa shape index (κ3) is 1.78. The number of aromatic carboxylic acids is 1. The average Bonchev–Trinajstić information content (AvgIpc) is 2.95. The molecule has 0 atom stereocenters. The van der Waals surface area contributed by atoms with Crippen molar-refractivity contribution in [2.24, 2.45) is 0 Å². The molecule has 2 N–H and O–H groups in total. The molecule has 0 saturated heterocycles. The zero-order valence-corrected chi connectivity index (χ0v) is 8.93. The minimum absolute atomic E-state index is 0.00116. The van der Waals surface area contributed by atoms with Crippen LogP contribution in [-0.4, -0.2) is 44.4 Å². The van der Waals surface area contributed by atoms with E-state index < -0.39 is 5.97 Å². The Bertz CT molecular complexity index is 423. The fourth-order valence-electron chi connectivity index (χ4n) is 1.71. The van der Waals surface area contributed by atoms with E-state index in [2.05, 4.69) is 9.97 Å². The first-order valence-corrected chi connectivity index (χ1v) is 5.22. The van der Waals surface area contributed by atoms with Gasteiger partial charge in [-0.05, 0) is 19.8 Å². The highest BCUT2D eigenvalue weighted by atomic mass is 16.4. The predicted molar refractivity (Wildman–Crippen MR) is 55.3 cm³/mol. The lowest BCUT2D eigenvalue weighted by Crippen LogP contribution is -2.34. The van der Waals surface area contributed by atoms with Gasteiger partial charge in [-0.1, -0.05) is 0 Å². The summed E-state index contributed by atoms with van der Waals surface area (Å²) in [7, 11) is 0. The van der Waals surface area contributed by atoms with Crippen molar-refractivity contribution in [1.29, 1.82) is 0 Å². The van der Waals surface area contributed by atoms with Crippen LogP contribution in [0.4, 0.5) is 0 Å². The molecule has 1 aromatic rings. The van der Waals surface area contributed by atoms with E-state index in [0.717, 1.165) is 12.8 Å². The number of carbonyl (C=O) groups is 2. The van der Waals surface area contributed by atoms with E-state index >= 15 is 0 Å². The van der Waals surface area contributed by atoms with Gasteiger partial charge in [-0.2, -0.15) is 0 Å². The molecule has 1 aliphatic rings. The first-order chi connectivity index (χ1) is 7.65. The molecule has 16 heavy (non-hydrogen) atoms. The summed E-state index contributed by atoms with van der Waals surface area (Å²) < 4.78 is 0. The van der Waals surface area contributed by atoms with E-state index in [9.17, 15) is 9.59 Å². The van der Waals surface area contributed by atoms with E-state index in [0.29, 0.717) is 6.54 Å². The molecule has 0 spiro atoms. The second-order valence-corrected chi connectivity index (χ2v) is 3.75. The predicted octanol–water partition coefficient (Wildman–Crippen LogP) is 0.732. The first-order valence-electron chi connectivity index (χ1n) is 5.22. The summed E-state index contributed by atoms with van der Waals surface area (Å²) in [5.74, 6) is -1.46. The van der Waals surface area contributed by atoms with E-state index in [-0.39, 0.29) is 23.3 Å². The van der Waals surface area contributed by atoms with Crippen LogP contribution in [0.3, 0.4) is 0 Å². The molecule has 1 aliphatic carbocycles. The summed E-state index contributed by atoms with van der Waals surface area (Å²) in [6, 6.07) is 0.260. The molecule has 6 nitrogen and oxygen atoms in total. The van der Waals surface area contributed by atoms with Gasteiger partial charge in [0.05, 0.1) is 6.33 Å². The van der Waals surface area contributed by atoms with Crippen molar-refractivity contribution in [3.05, 3.63) is 17.7 Å². The Balaban J connectivity index is 2.25. The van der Waals surface area contributed by atoms with Crippen LogP contribution >= 0.6 is 0 Å². The summed E-state index contributed by atoms with van der Waals surface area (Å²) in [6.45, 7) is 2.46. The number of aromatic nitrogens is 2. The molecule has 0 aliphatic heterocycles. The molecular formula is C10H13N3O3. The fourth-order valence-corrected chi connectivity index (χ4v) is 1.71. The number of aromatic amines is 1. The number of H-pyrrole nitrogens is 1. The van der Waals surface area contributed by atoms with Gasteiger partial charge >= 0.3 is 5.97 Å². The van der Waals surface area contributed by atoms with Crippen LogP contribution in [0.15, 0.2) is 6.33 Å². The molecule has 86 valence electrons. The highest BCUT2D eigenvalue weighted by molar-refractivity contribution is 6.02. The fraction of sp³-hybridized carbons (Fsp3) is 0.500. The van der Waals surface area contributed by atoms with Gasteiger partial charge in [-0.25, -0.2) is 9.78 Å². The van der Waals surface area contributed by atoms with Gasteiger partial charge in [0.1, 0.15) is 0 Å². The topological polar surface area (TPSA) is 86.3 Å². The van der Waals surface area contributed by atoms with Gasteiger partial charge in [0, 0.05) is 12.6 Å². The van der Waals surface area contributed by atoms with Gasteiger partial charge in [0.25, 0.3) is 5.91 Å². The number of carbonyl (C=O) groups excluding carboxylic acids is 1. The average molecular weight is 223 g/mol. The molecular weight excluding hydrogens is 210 g/mol. The van der Waals surface area contributed by atoms with Gasteiger partial charge in [0.2, 0.25) is 0 Å². The molecule has 1 amide bonds. The van der Waals surface area contributed by atoms with Crippen LogP contribution in [-0.2, 0) is 0 Å². The summed E-state index contributed by atoms with van der Waals surface area (Å²) in [4.78, 5) is 30.8. The van der Waals surface area contributed by atoms with Crippen LogP contribution in [0.1, 0.15) is 40.7 Å². The number of amides is 1. The van der Waals surface area contributed by atoms with Crippen LogP contribution in [0.2, 0.25) is 0 Å². The van der Waals surface area contributed by atoms with Crippen molar-refractivity contribution < 1.29 is 14.7 Å². The van der Waals surface area contributed by atoms with Gasteiger partial charge in [-0.15, -0.1) is 0 Å². The van der Waals surface area contributed by atoms with Crippen molar-refractivity contribution in [3.63, 3.8) is 0 Å². The standard InChI is InChI=1S/C10H13N3O3/c1-2-13(6-3-4-6)9(14)7-8(10(15)16)12-5-11-7/h5-6H,2-4H2,1H3,(H,11,12)(H,15,16). The Labute approximate surface area is 92.3 Å². The van der Waals surface area contributed by atoms with Crippen molar-refractivity contribution >= 4 is 11.9 Å². The normalized spacial score (nSPS) is 14.8. The Kier molecular flexibility index (Phi) is 2.64. The third-order valence-corrected chi connectivity index (χ3v) is 2.64. The Hall–Kier alpha value is -1.85. The lowest BCUT2D eigenvalue weighted by Gasteiger charge is -2.19. The number of nitrogens with one attached hydrogen (secondary N) is 1. The minimum atomic E-state index is -1.16. The molecule has 0 bridgehead atoms. The maximum Gasteiger partial charge on any atom is 0.354 e. The zero-order valence-electron chi connectivity index (χ0n) is 8.93. The molecule has 1 aromatic heterocycles. The highest BCUT2D eigenvalue weighted by Gasteiger charge is 2.34. The number of hydrogen-bond donors (Lipinski definition) is 2. The molecule has 0 unspecified atom stereocenters. The minimum Gasteiger partial charge on any atom is -0.477 e. The molecule has 1 heterocycles. The van der Waals surface area contributed by atoms with Crippen molar-refractivity contribution in [2.75, 3.05) is 6.54 Å². The van der Waals surface area contributed by atoms with E-state index in [1.54, 1.807) is 4.90 Å². The summed E-state index contributed by atoms with van der Waals surface area (Å²) in [6.07, 6.45) is 3.22. The molecule has 0 radical (unpaired) electrons. The number of rotatable bonds is 4. The summed E-state index contributed by atoms with van der Waals surface area (Å²) in [5, 5.41) is 8.87. The molecule has 0 aromatic carbocycles. The number of imidazole rings is 1. The highest BCUT2D eigenvalue weighted by Crippen LogP contribution is 2.27. The number of carboxylic acid groups (broad SMARTS) is 1. The first kappa shape index (κ1) is 10.7. The smallest absolute Gasteiger partial charge is 0.354 e. The van der Waals surface area contributed by atoms with E-state index in [4.69, 9.17) is 5.11 Å². The quantitative estimate of drug-likeness (QED) is 0.787. The van der Waals surface area contributed by atoms with Gasteiger partial charge < -0.3 is 15.0 Å². The largest absolute Gasteiger partial charge is 0.477 e. The Morgan fingerprint density at radius 1 is 1.62 bits per heavy atom. The molecule has 1 fully saturated rings. The van der Waals surface area contributed by atoms with Crippen LogP contribution in [0, 0.1) is 0 Å². The lowest BCUT2D eigenvalue weighted by molar-refractivity contribution is 0.0667. The van der Waals surface area contributed by atoms with Gasteiger partial charge in [0.15, 0.2) is 11.4 Å². The third-order valence-electron chi connectivity index (χ3n) is 2.64. The second kappa shape index (κ2) is 3.96. The monoisotopic (exact) mass is 223 g/mol. The van der Waals surface area contributed by atoms with E-state index in [1.165, 1.54) is 6.33 Å². The second-order valence-electron chi connectivity index (χ2n) is 3.75. The van der Waals surface area contributed by atoms with E-state index in [1.807, 2.05) is 6.92 Å². The molecule has 1 saturated carbocycles. The Morgan fingerprint density at radius 2 is 2.31 bits per heavy atom. The summed E-state index contributed by atoms with van der Waals surface area (Å²) >= 11 is 0. The van der Waals surface area contributed by atoms with Crippen molar-refractivity contribution in [2.45, 2.75) is 25.8 Å². The van der Waals surface area contributed by atoms with Crippen molar-refractivity contribution in [1.82, 2.24) is 14.9 Å². The SMILES string of the molecule is CCN(C(=O)c1nc[nH]c1C(=O)O)C1CC1. The maximum absolute atomic E-state index is 12.0. The van der Waals surface area contributed by atoms with Crippen molar-refractivity contribution in [3.8, 4) is 0 Å². The number of carboxylic acids is 1. The Morgan fingerprint density at radius 3 is 2.81 bits per heavy atom. The maximum atomic E-state index is 12.0. The lowest BCUT2D eigenvalue weighted by atomic mass is 10.2. The molecule has 6 heteroatoms. The molecule has 2 rings (SSSR count). The van der Waals surface area contributed by atoms with Crippen LogP contribution in [0.5, 0.6) is 0 Å². The summed E-state index contributed by atoms with van der Waals surface area (Å²) in [5.41, 5.74) is -0.134. The number of hydrogen-bond acceptors (Lipinski definition) is 3.